The second-order valence-electron chi connectivity index (χ2n) is 8.54. The number of rotatable bonds is 4. The highest BCUT2D eigenvalue weighted by molar-refractivity contribution is 6.08. The van der Waals surface area contributed by atoms with Crippen LogP contribution in [0.3, 0.4) is 0 Å². The lowest BCUT2D eigenvalue weighted by atomic mass is 10.1. The SMILES string of the molecule is O=C1CCCN1Cc1ccc(C(=O)N2C[C@@H](C(=O)N3CCOCC3)Oc3ccccc32)cc1. The Bertz CT molecular complexity index is 1050. The van der Waals surface area contributed by atoms with Gasteiger partial charge in [0.15, 0.2) is 6.10 Å². The summed E-state index contributed by atoms with van der Waals surface area (Å²) in [6.45, 7) is 3.55. The lowest BCUT2D eigenvalue weighted by Crippen LogP contribution is -2.54. The molecule has 0 N–H and O–H groups in total. The molecule has 2 aromatic rings. The fourth-order valence-electron chi connectivity index (χ4n) is 4.54. The number of anilines is 1. The Morgan fingerprint density at radius 1 is 0.970 bits per heavy atom. The largest absolute Gasteiger partial charge is 0.476 e. The van der Waals surface area contributed by atoms with Crippen LogP contribution in [-0.2, 0) is 20.9 Å². The van der Waals surface area contributed by atoms with Gasteiger partial charge in [0.25, 0.3) is 11.8 Å². The Kier molecular flexibility index (Phi) is 6.00. The minimum absolute atomic E-state index is 0.128. The highest BCUT2D eigenvalue weighted by atomic mass is 16.5. The van der Waals surface area contributed by atoms with E-state index in [0.717, 1.165) is 18.5 Å². The number of likely N-dealkylation sites (tertiary alicyclic amines) is 1. The van der Waals surface area contributed by atoms with E-state index in [-0.39, 0.29) is 24.3 Å². The van der Waals surface area contributed by atoms with E-state index in [1.165, 1.54) is 0 Å². The molecule has 33 heavy (non-hydrogen) atoms. The van der Waals surface area contributed by atoms with Crippen LogP contribution in [0.1, 0.15) is 28.8 Å². The molecule has 2 aromatic carbocycles. The minimum Gasteiger partial charge on any atom is -0.476 e. The first-order valence-electron chi connectivity index (χ1n) is 11.4. The monoisotopic (exact) mass is 449 g/mol. The second kappa shape index (κ2) is 9.23. The van der Waals surface area contributed by atoms with E-state index < -0.39 is 6.10 Å². The van der Waals surface area contributed by atoms with Crippen molar-refractivity contribution in [3.8, 4) is 5.75 Å². The number of benzene rings is 2. The van der Waals surface area contributed by atoms with Gasteiger partial charge < -0.3 is 24.2 Å². The highest BCUT2D eigenvalue weighted by Crippen LogP contribution is 2.34. The molecule has 0 spiro atoms. The average molecular weight is 450 g/mol. The fraction of sp³-hybridized carbons (Fsp3) is 0.400. The van der Waals surface area contributed by atoms with Crippen molar-refractivity contribution in [3.05, 3.63) is 59.7 Å². The molecule has 2 saturated heterocycles. The number of hydrogen-bond acceptors (Lipinski definition) is 5. The number of nitrogens with zero attached hydrogens (tertiary/aromatic N) is 3. The van der Waals surface area contributed by atoms with Crippen LogP contribution >= 0.6 is 0 Å². The predicted molar refractivity (Wildman–Crippen MR) is 121 cm³/mol. The van der Waals surface area contributed by atoms with Crippen LogP contribution < -0.4 is 9.64 Å². The first kappa shape index (κ1) is 21.5. The summed E-state index contributed by atoms with van der Waals surface area (Å²) in [7, 11) is 0. The summed E-state index contributed by atoms with van der Waals surface area (Å²) in [5.74, 6) is 0.384. The zero-order valence-electron chi connectivity index (χ0n) is 18.4. The van der Waals surface area contributed by atoms with Crippen molar-refractivity contribution in [1.29, 1.82) is 0 Å². The molecule has 0 unspecified atom stereocenters. The molecule has 2 fully saturated rings. The molecular formula is C25H27N3O5. The number of hydrogen-bond donors (Lipinski definition) is 0. The molecule has 0 radical (unpaired) electrons. The molecule has 0 saturated carbocycles. The maximum atomic E-state index is 13.5. The van der Waals surface area contributed by atoms with Crippen molar-refractivity contribution in [2.45, 2.75) is 25.5 Å². The summed E-state index contributed by atoms with van der Waals surface area (Å²) in [6, 6.07) is 14.6. The molecule has 0 bridgehead atoms. The van der Waals surface area contributed by atoms with Crippen molar-refractivity contribution in [1.82, 2.24) is 9.80 Å². The zero-order valence-corrected chi connectivity index (χ0v) is 18.4. The number of carbonyl (C=O) groups excluding carboxylic acids is 3. The van der Waals surface area contributed by atoms with Gasteiger partial charge in [0.05, 0.1) is 25.4 Å². The van der Waals surface area contributed by atoms with Crippen molar-refractivity contribution >= 4 is 23.4 Å². The van der Waals surface area contributed by atoms with Crippen molar-refractivity contribution in [2.24, 2.45) is 0 Å². The molecule has 0 aromatic heterocycles. The Morgan fingerprint density at radius 3 is 2.45 bits per heavy atom. The number of morpholine rings is 1. The number of para-hydroxylation sites is 2. The van der Waals surface area contributed by atoms with E-state index in [1.54, 1.807) is 28.0 Å². The summed E-state index contributed by atoms with van der Waals surface area (Å²) < 4.78 is 11.4. The van der Waals surface area contributed by atoms with E-state index in [0.29, 0.717) is 56.3 Å². The van der Waals surface area contributed by atoms with Crippen LogP contribution in [0.5, 0.6) is 5.75 Å². The van der Waals surface area contributed by atoms with Crippen molar-refractivity contribution in [3.63, 3.8) is 0 Å². The van der Waals surface area contributed by atoms with E-state index in [4.69, 9.17) is 9.47 Å². The van der Waals surface area contributed by atoms with E-state index in [9.17, 15) is 14.4 Å². The third-order valence-corrected chi connectivity index (χ3v) is 6.36. The summed E-state index contributed by atoms with van der Waals surface area (Å²) in [5.41, 5.74) is 2.17. The number of ether oxygens (including phenoxy) is 2. The predicted octanol–water partition coefficient (Wildman–Crippen LogP) is 2.08. The van der Waals surface area contributed by atoms with Crippen LogP contribution in [0.15, 0.2) is 48.5 Å². The molecule has 5 rings (SSSR count). The summed E-state index contributed by atoms with van der Waals surface area (Å²) in [4.78, 5) is 43.7. The number of carbonyl (C=O) groups is 3. The molecule has 3 aliphatic rings. The van der Waals surface area contributed by atoms with E-state index in [2.05, 4.69) is 0 Å². The Balaban J connectivity index is 1.34. The highest BCUT2D eigenvalue weighted by Gasteiger charge is 2.36. The third-order valence-electron chi connectivity index (χ3n) is 6.36. The number of amides is 3. The first-order valence-corrected chi connectivity index (χ1v) is 11.4. The quantitative estimate of drug-likeness (QED) is 0.714. The minimum atomic E-state index is -0.762. The van der Waals surface area contributed by atoms with Crippen molar-refractivity contribution < 1.29 is 23.9 Å². The standard InChI is InChI=1S/C25H27N3O5/c29-23-6-3-11-27(23)16-18-7-9-19(10-8-18)24(30)28-17-22(25(31)26-12-14-32-15-13-26)33-21-5-2-1-4-20(21)28/h1-2,4-5,7-10,22H,3,6,11-17H2/t22-/m0/s1. The van der Waals surface area contributed by atoms with Gasteiger partial charge in [-0.1, -0.05) is 24.3 Å². The van der Waals surface area contributed by atoms with E-state index >= 15 is 0 Å². The van der Waals surface area contributed by atoms with Gasteiger partial charge in [-0.05, 0) is 36.2 Å². The van der Waals surface area contributed by atoms with Crippen LogP contribution in [0.4, 0.5) is 5.69 Å². The van der Waals surface area contributed by atoms with Crippen LogP contribution in [0.25, 0.3) is 0 Å². The number of fused-ring (bicyclic) bond motifs is 1. The van der Waals surface area contributed by atoms with Crippen LogP contribution in [-0.4, -0.2) is 73.0 Å². The summed E-state index contributed by atoms with van der Waals surface area (Å²) >= 11 is 0. The maximum Gasteiger partial charge on any atom is 0.265 e. The normalized spacial score (nSPS) is 20.4. The lowest BCUT2D eigenvalue weighted by molar-refractivity contribution is -0.142. The van der Waals surface area contributed by atoms with Gasteiger partial charge in [0.1, 0.15) is 5.75 Å². The molecule has 8 nitrogen and oxygen atoms in total. The molecule has 3 aliphatic heterocycles. The summed E-state index contributed by atoms with van der Waals surface area (Å²) in [6.07, 6.45) is 0.746. The van der Waals surface area contributed by atoms with E-state index in [1.807, 2.05) is 35.2 Å². The lowest BCUT2D eigenvalue weighted by Gasteiger charge is -2.37. The molecule has 0 aliphatic carbocycles. The van der Waals surface area contributed by atoms with Gasteiger partial charge in [-0.25, -0.2) is 0 Å². The molecule has 3 amide bonds. The third kappa shape index (κ3) is 4.43. The Morgan fingerprint density at radius 2 is 1.73 bits per heavy atom. The average Bonchev–Trinajstić information content (AvgIpc) is 3.27. The van der Waals surface area contributed by atoms with Gasteiger partial charge in [0.2, 0.25) is 5.91 Å². The fourth-order valence-corrected chi connectivity index (χ4v) is 4.54. The molecular weight excluding hydrogens is 422 g/mol. The second-order valence-corrected chi connectivity index (χ2v) is 8.54. The molecule has 3 heterocycles. The van der Waals surface area contributed by atoms with Gasteiger partial charge in [-0.3, -0.25) is 14.4 Å². The molecule has 1 atom stereocenters. The Hall–Kier alpha value is -3.39. The zero-order chi connectivity index (χ0) is 22.8. The van der Waals surface area contributed by atoms with Crippen molar-refractivity contribution in [2.75, 3.05) is 44.3 Å². The van der Waals surface area contributed by atoms with Crippen LogP contribution in [0.2, 0.25) is 0 Å². The first-order chi connectivity index (χ1) is 16.1. The smallest absolute Gasteiger partial charge is 0.265 e. The topological polar surface area (TPSA) is 79.4 Å². The summed E-state index contributed by atoms with van der Waals surface area (Å²) in [5, 5.41) is 0. The molecule has 172 valence electrons. The van der Waals surface area contributed by atoms with Gasteiger partial charge >= 0.3 is 0 Å². The van der Waals surface area contributed by atoms with Gasteiger partial charge in [0, 0.05) is 38.2 Å². The van der Waals surface area contributed by atoms with Crippen LogP contribution in [0, 0.1) is 0 Å². The molecule has 8 heteroatoms. The van der Waals surface area contributed by atoms with Gasteiger partial charge in [-0.2, -0.15) is 0 Å². The van der Waals surface area contributed by atoms with Gasteiger partial charge in [-0.15, -0.1) is 0 Å². The Labute approximate surface area is 192 Å². The maximum absolute atomic E-state index is 13.5.